The van der Waals surface area contributed by atoms with E-state index in [-0.39, 0.29) is 6.61 Å². The van der Waals surface area contributed by atoms with Gasteiger partial charge in [-0.3, -0.25) is 4.79 Å². The fourth-order valence-corrected chi connectivity index (χ4v) is 2.67. The highest BCUT2D eigenvalue weighted by Gasteiger charge is 2.71. The van der Waals surface area contributed by atoms with Crippen LogP contribution in [-0.4, -0.2) is 28.9 Å². The third-order valence-corrected chi connectivity index (χ3v) is 3.88. The van der Waals surface area contributed by atoms with Gasteiger partial charge in [0.05, 0.1) is 6.61 Å². The van der Waals surface area contributed by atoms with Crippen molar-refractivity contribution in [2.24, 2.45) is 5.73 Å². The summed E-state index contributed by atoms with van der Waals surface area (Å²) in [5.41, 5.74) is 1.54. The van der Waals surface area contributed by atoms with Crippen LogP contribution in [0.1, 0.15) is 39.2 Å². The standard InChI is InChI=1S/C17H22F3NO3/c1-14(2,3)24-13(22)15(21)10-16(11-15,17(18,19)20)23-9-12-7-5-4-6-8-12/h4-8H,9-11,21H2,1-3H3. The summed E-state index contributed by atoms with van der Waals surface area (Å²) in [6, 6.07) is 8.54. The van der Waals surface area contributed by atoms with Crippen molar-refractivity contribution in [3.8, 4) is 0 Å². The molecule has 24 heavy (non-hydrogen) atoms. The van der Waals surface area contributed by atoms with E-state index in [2.05, 4.69) is 0 Å². The maximum absolute atomic E-state index is 13.5. The molecule has 0 atom stereocenters. The number of carbonyl (C=O) groups is 1. The van der Waals surface area contributed by atoms with Gasteiger partial charge in [-0.25, -0.2) is 0 Å². The minimum Gasteiger partial charge on any atom is -0.459 e. The summed E-state index contributed by atoms with van der Waals surface area (Å²) in [6.45, 7) is 4.70. The van der Waals surface area contributed by atoms with Gasteiger partial charge in [0.1, 0.15) is 11.1 Å². The van der Waals surface area contributed by atoms with Gasteiger partial charge in [0.15, 0.2) is 5.60 Å². The molecule has 0 amide bonds. The van der Waals surface area contributed by atoms with Crippen molar-refractivity contribution in [3.63, 3.8) is 0 Å². The average Bonchev–Trinajstić information content (AvgIpc) is 2.40. The lowest BCUT2D eigenvalue weighted by Crippen LogP contribution is -2.72. The number of halogens is 3. The highest BCUT2D eigenvalue weighted by atomic mass is 19.4. The second-order valence-electron chi connectivity index (χ2n) is 7.28. The molecule has 2 N–H and O–H groups in total. The fourth-order valence-electron chi connectivity index (χ4n) is 2.67. The minimum absolute atomic E-state index is 0.204. The van der Waals surface area contributed by atoms with Gasteiger partial charge in [-0.1, -0.05) is 30.3 Å². The second kappa shape index (κ2) is 6.04. The minimum atomic E-state index is -4.62. The largest absolute Gasteiger partial charge is 0.459 e. The zero-order valence-electron chi connectivity index (χ0n) is 13.9. The lowest BCUT2D eigenvalue weighted by molar-refractivity contribution is -0.322. The van der Waals surface area contributed by atoms with Gasteiger partial charge in [-0.2, -0.15) is 13.2 Å². The molecule has 0 radical (unpaired) electrons. The topological polar surface area (TPSA) is 61.5 Å². The molecular weight excluding hydrogens is 323 g/mol. The van der Waals surface area contributed by atoms with E-state index in [9.17, 15) is 18.0 Å². The van der Waals surface area contributed by atoms with Crippen LogP contribution < -0.4 is 5.73 Å². The summed E-state index contributed by atoms with van der Waals surface area (Å²) in [7, 11) is 0. The summed E-state index contributed by atoms with van der Waals surface area (Å²) < 4.78 is 50.7. The van der Waals surface area contributed by atoms with Crippen LogP contribution in [0, 0.1) is 0 Å². The molecule has 0 aromatic heterocycles. The molecule has 1 aliphatic carbocycles. The molecule has 2 rings (SSSR count). The van der Waals surface area contributed by atoms with E-state index in [4.69, 9.17) is 15.2 Å². The van der Waals surface area contributed by atoms with E-state index in [0.29, 0.717) is 5.56 Å². The van der Waals surface area contributed by atoms with Crippen molar-refractivity contribution in [3.05, 3.63) is 35.9 Å². The third kappa shape index (κ3) is 3.89. The number of alkyl halides is 3. The highest BCUT2D eigenvalue weighted by molar-refractivity contribution is 5.83. The number of hydrogen-bond acceptors (Lipinski definition) is 4. The lowest BCUT2D eigenvalue weighted by atomic mass is 9.64. The molecule has 7 heteroatoms. The van der Waals surface area contributed by atoms with Gasteiger partial charge in [0.2, 0.25) is 0 Å². The second-order valence-corrected chi connectivity index (χ2v) is 7.28. The number of carbonyl (C=O) groups excluding carboxylic acids is 1. The van der Waals surface area contributed by atoms with E-state index in [1.54, 1.807) is 51.1 Å². The number of esters is 1. The molecule has 1 aliphatic rings. The highest BCUT2D eigenvalue weighted by Crippen LogP contribution is 2.53. The summed E-state index contributed by atoms with van der Waals surface area (Å²) >= 11 is 0. The van der Waals surface area contributed by atoms with Crippen LogP contribution in [0.15, 0.2) is 30.3 Å². The average molecular weight is 345 g/mol. The SMILES string of the molecule is CC(C)(C)OC(=O)C1(N)CC(OCc2ccccc2)(C(F)(F)F)C1. The van der Waals surface area contributed by atoms with Crippen LogP contribution in [0.25, 0.3) is 0 Å². The number of nitrogens with two attached hydrogens (primary N) is 1. The first-order valence-electron chi connectivity index (χ1n) is 7.64. The Labute approximate surface area is 139 Å². The van der Waals surface area contributed by atoms with Gasteiger partial charge < -0.3 is 15.2 Å². The van der Waals surface area contributed by atoms with Crippen LogP contribution in [0.2, 0.25) is 0 Å². The number of rotatable bonds is 4. The molecule has 1 aromatic rings. The molecule has 0 aliphatic heterocycles. The Kier molecular flexibility index (Phi) is 4.71. The number of benzene rings is 1. The van der Waals surface area contributed by atoms with Crippen molar-refractivity contribution in [1.29, 1.82) is 0 Å². The Hall–Kier alpha value is -1.60. The smallest absolute Gasteiger partial charge is 0.417 e. The van der Waals surface area contributed by atoms with Crippen molar-refractivity contribution in [2.45, 2.75) is 63.1 Å². The molecule has 0 saturated heterocycles. The van der Waals surface area contributed by atoms with Crippen molar-refractivity contribution in [1.82, 2.24) is 0 Å². The molecule has 0 spiro atoms. The van der Waals surface area contributed by atoms with Gasteiger partial charge in [-0.15, -0.1) is 0 Å². The van der Waals surface area contributed by atoms with Crippen molar-refractivity contribution in [2.75, 3.05) is 0 Å². The molecular formula is C17H22F3NO3. The predicted octanol–water partition coefficient (Wildman–Crippen LogP) is 3.34. The maximum Gasteiger partial charge on any atom is 0.417 e. The van der Waals surface area contributed by atoms with E-state index in [1.807, 2.05) is 0 Å². The fraction of sp³-hybridized carbons (Fsp3) is 0.588. The van der Waals surface area contributed by atoms with Gasteiger partial charge in [-0.05, 0) is 26.3 Å². The van der Waals surface area contributed by atoms with E-state index in [0.717, 1.165) is 0 Å². The molecule has 4 nitrogen and oxygen atoms in total. The van der Waals surface area contributed by atoms with Crippen LogP contribution in [0.5, 0.6) is 0 Å². The maximum atomic E-state index is 13.5. The van der Waals surface area contributed by atoms with E-state index < -0.39 is 41.7 Å². The molecule has 1 saturated carbocycles. The van der Waals surface area contributed by atoms with E-state index >= 15 is 0 Å². The summed E-state index contributed by atoms with van der Waals surface area (Å²) in [6.07, 6.45) is -5.91. The Morgan fingerprint density at radius 3 is 2.17 bits per heavy atom. The van der Waals surface area contributed by atoms with Crippen LogP contribution >= 0.6 is 0 Å². The number of hydrogen-bond donors (Lipinski definition) is 1. The van der Waals surface area contributed by atoms with Crippen molar-refractivity contribution >= 4 is 5.97 Å². The normalized spacial score (nSPS) is 27.5. The van der Waals surface area contributed by atoms with Gasteiger partial charge in [0.25, 0.3) is 0 Å². The zero-order valence-corrected chi connectivity index (χ0v) is 13.9. The molecule has 1 aromatic carbocycles. The Morgan fingerprint density at radius 2 is 1.71 bits per heavy atom. The molecule has 0 heterocycles. The molecule has 0 bridgehead atoms. The lowest BCUT2D eigenvalue weighted by Gasteiger charge is -2.52. The van der Waals surface area contributed by atoms with Crippen molar-refractivity contribution < 1.29 is 27.4 Å². The summed E-state index contributed by atoms with van der Waals surface area (Å²) in [5.74, 6) is -0.835. The predicted molar refractivity (Wildman–Crippen MR) is 82.0 cm³/mol. The van der Waals surface area contributed by atoms with Gasteiger partial charge >= 0.3 is 12.1 Å². The zero-order chi connectivity index (χ0) is 18.2. The Bertz CT molecular complexity index is 587. The van der Waals surface area contributed by atoms with Crippen LogP contribution in [0.3, 0.4) is 0 Å². The Morgan fingerprint density at radius 1 is 1.17 bits per heavy atom. The van der Waals surface area contributed by atoms with Crippen LogP contribution in [0.4, 0.5) is 13.2 Å². The Balaban J connectivity index is 2.09. The van der Waals surface area contributed by atoms with E-state index in [1.165, 1.54) is 0 Å². The summed E-state index contributed by atoms with van der Waals surface area (Å²) in [5, 5.41) is 0. The van der Waals surface area contributed by atoms with Crippen LogP contribution in [-0.2, 0) is 20.9 Å². The molecule has 0 unspecified atom stereocenters. The van der Waals surface area contributed by atoms with Gasteiger partial charge in [0, 0.05) is 12.8 Å². The summed E-state index contributed by atoms with van der Waals surface area (Å²) in [4.78, 5) is 12.1. The molecule has 134 valence electrons. The quantitative estimate of drug-likeness (QED) is 0.850. The number of ether oxygens (including phenoxy) is 2. The first-order chi connectivity index (χ1) is 10.9. The molecule has 1 fully saturated rings. The first kappa shape index (κ1) is 18.7. The third-order valence-electron chi connectivity index (χ3n) is 3.88. The first-order valence-corrected chi connectivity index (χ1v) is 7.64. The monoisotopic (exact) mass is 345 g/mol.